The zero-order valence-electron chi connectivity index (χ0n) is 10.7. The number of carbonyl (C=O) groups excluding carboxylic acids is 3. The molecule has 0 saturated carbocycles. The molecule has 2 rings (SSSR count). The van der Waals surface area contributed by atoms with Crippen molar-refractivity contribution < 1.29 is 24.0 Å². The number of hydrazine groups is 1. The molecule has 0 atom stereocenters. The van der Waals surface area contributed by atoms with E-state index in [0.29, 0.717) is 17.0 Å². The summed E-state index contributed by atoms with van der Waals surface area (Å²) < 4.78 is 5.06. The molecule has 0 aromatic heterocycles. The van der Waals surface area contributed by atoms with Crippen LogP contribution in [0.2, 0.25) is 0 Å². The predicted molar refractivity (Wildman–Crippen MR) is 67.7 cm³/mol. The number of nitrogens with zero attached hydrogens (tertiary/aromatic N) is 1. The first-order valence-electron chi connectivity index (χ1n) is 5.78. The maximum Gasteiger partial charge on any atom is 0.328 e. The number of amides is 1. The summed E-state index contributed by atoms with van der Waals surface area (Å²) in [4.78, 5) is 40.4. The van der Waals surface area contributed by atoms with E-state index in [1.807, 2.05) is 0 Å². The molecule has 1 aromatic rings. The molecule has 1 aromatic carbocycles. The Morgan fingerprint density at radius 2 is 2.15 bits per heavy atom. The van der Waals surface area contributed by atoms with Crippen molar-refractivity contribution in [1.29, 1.82) is 0 Å². The van der Waals surface area contributed by atoms with Gasteiger partial charge in [0.15, 0.2) is 0 Å². The molecule has 0 bridgehead atoms. The molecule has 0 unspecified atom stereocenters. The van der Waals surface area contributed by atoms with Crippen LogP contribution in [-0.2, 0) is 14.4 Å². The van der Waals surface area contributed by atoms with Crippen LogP contribution < -0.4 is 21.1 Å². The molecule has 3 N–H and O–H groups in total. The van der Waals surface area contributed by atoms with Crippen molar-refractivity contribution in [2.24, 2.45) is 5.84 Å². The van der Waals surface area contributed by atoms with Crippen molar-refractivity contribution in [3.8, 4) is 5.75 Å². The smallest absolute Gasteiger partial charge is 0.328 e. The summed E-state index contributed by atoms with van der Waals surface area (Å²) in [5.74, 6) is 3.43. The molecular weight excluding hydrogens is 266 g/mol. The molecule has 1 heterocycles. The number of nitrogens with two attached hydrogens (primary N) is 1. The molecule has 8 heteroatoms. The highest BCUT2D eigenvalue weighted by atomic mass is 16.7. The van der Waals surface area contributed by atoms with Crippen molar-refractivity contribution in [3.05, 3.63) is 23.8 Å². The van der Waals surface area contributed by atoms with E-state index in [-0.39, 0.29) is 13.0 Å². The van der Waals surface area contributed by atoms with Gasteiger partial charge in [-0.2, -0.15) is 0 Å². The highest BCUT2D eigenvalue weighted by Gasteiger charge is 2.36. The van der Waals surface area contributed by atoms with Crippen LogP contribution in [0.3, 0.4) is 0 Å². The Bertz CT molecular complexity index is 572. The second-order valence-corrected chi connectivity index (χ2v) is 4.01. The van der Waals surface area contributed by atoms with E-state index in [1.165, 1.54) is 18.1 Å². The van der Waals surface area contributed by atoms with Crippen LogP contribution in [0.15, 0.2) is 18.2 Å². The molecule has 20 heavy (non-hydrogen) atoms. The first kappa shape index (κ1) is 14.0. The minimum Gasteiger partial charge on any atom is -0.497 e. The summed E-state index contributed by atoms with van der Waals surface area (Å²) in [5, 5.41) is 0. The average Bonchev–Trinajstić information content (AvgIpc) is 2.69. The van der Waals surface area contributed by atoms with Crippen molar-refractivity contribution in [3.63, 3.8) is 0 Å². The fraction of sp³-hybridized carbons (Fsp3) is 0.250. The first-order chi connectivity index (χ1) is 9.58. The van der Waals surface area contributed by atoms with Gasteiger partial charge >= 0.3 is 5.97 Å². The van der Waals surface area contributed by atoms with E-state index in [1.54, 1.807) is 17.7 Å². The minimum absolute atomic E-state index is 0.0191. The molecule has 1 aliphatic rings. The van der Waals surface area contributed by atoms with Gasteiger partial charge in [-0.3, -0.25) is 14.4 Å². The molecule has 106 valence electrons. The second-order valence-electron chi connectivity index (χ2n) is 4.01. The summed E-state index contributed by atoms with van der Waals surface area (Å²) in [7, 11) is 1.48. The van der Waals surface area contributed by atoms with Crippen LogP contribution in [0.4, 0.5) is 5.69 Å². The summed E-state index contributed by atoms with van der Waals surface area (Å²) >= 11 is 0. The zero-order valence-corrected chi connectivity index (χ0v) is 10.7. The van der Waals surface area contributed by atoms with Crippen LogP contribution in [-0.4, -0.2) is 31.3 Å². The average molecular weight is 279 g/mol. The van der Waals surface area contributed by atoms with Gasteiger partial charge in [-0.25, -0.2) is 5.84 Å². The van der Waals surface area contributed by atoms with Crippen molar-refractivity contribution in [1.82, 2.24) is 5.59 Å². The molecule has 8 nitrogen and oxygen atoms in total. The van der Waals surface area contributed by atoms with Crippen LogP contribution >= 0.6 is 0 Å². The van der Waals surface area contributed by atoms with E-state index in [4.69, 9.17) is 10.6 Å². The summed E-state index contributed by atoms with van der Waals surface area (Å²) in [6.07, 6.45) is -0.0974. The lowest BCUT2D eigenvalue weighted by molar-refractivity contribution is -0.150. The summed E-state index contributed by atoms with van der Waals surface area (Å²) in [5.41, 5.74) is 2.48. The number of nitrogens with one attached hydrogen (secondary N) is 1. The molecule has 1 aliphatic heterocycles. The molecule has 0 fully saturated rings. The number of hydrogen-bond acceptors (Lipinski definition) is 7. The molecule has 0 radical (unpaired) electrons. The molecular formula is C12H13N3O5. The van der Waals surface area contributed by atoms with Crippen LogP contribution in [0, 0.1) is 0 Å². The molecule has 0 aliphatic carbocycles. The highest BCUT2D eigenvalue weighted by molar-refractivity contribution is 6.52. The number of ether oxygens (including phenoxy) is 1. The number of hydrogen-bond donors (Lipinski definition) is 2. The number of fused-ring (bicyclic) bond motifs is 1. The van der Waals surface area contributed by atoms with Crippen molar-refractivity contribution >= 4 is 23.3 Å². The number of ketones is 1. The predicted octanol–water partition coefficient (Wildman–Crippen LogP) is -0.464. The lowest BCUT2D eigenvalue weighted by atomic mass is 10.1. The van der Waals surface area contributed by atoms with Crippen molar-refractivity contribution in [2.75, 3.05) is 18.6 Å². The van der Waals surface area contributed by atoms with E-state index in [0.717, 1.165) is 0 Å². The number of anilines is 1. The van der Waals surface area contributed by atoms with E-state index >= 15 is 0 Å². The van der Waals surface area contributed by atoms with Gasteiger partial charge < -0.3 is 14.5 Å². The lowest BCUT2D eigenvalue weighted by Crippen LogP contribution is -2.33. The maximum absolute atomic E-state index is 11.9. The van der Waals surface area contributed by atoms with Gasteiger partial charge in [0, 0.05) is 12.6 Å². The first-order valence-corrected chi connectivity index (χ1v) is 5.78. The van der Waals surface area contributed by atoms with Gasteiger partial charge in [0.1, 0.15) is 5.75 Å². The topological polar surface area (TPSA) is 111 Å². The van der Waals surface area contributed by atoms with E-state index in [2.05, 4.69) is 4.84 Å². The molecule has 0 saturated heterocycles. The van der Waals surface area contributed by atoms with Crippen LogP contribution in [0.5, 0.6) is 5.75 Å². The normalized spacial score (nSPS) is 13.4. The summed E-state index contributed by atoms with van der Waals surface area (Å²) in [6, 6.07) is 4.69. The SMILES string of the molecule is COc1ccc2c(c1)N(CCC(=O)ONN)C(=O)C2=O. The standard InChI is InChI=1S/C12H13N3O5/c1-19-7-2-3-8-9(6-7)15(12(18)11(8)17)5-4-10(16)20-14-13/h2-3,6,14H,4-5,13H2,1H3. The Hall–Kier alpha value is -2.45. The Labute approximate surface area is 114 Å². The van der Waals surface area contributed by atoms with E-state index in [9.17, 15) is 14.4 Å². The zero-order chi connectivity index (χ0) is 14.7. The number of Topliss-reactive ketones (excluding diaryl/α,β-unsaturated/α-hetero) is 1. The summed E-state index contributed by atoms with van der Waals surface area (Å²) in [6.45, 7) is 0.0191. The Morgan fingerprint density at radius 3 is 2.80 bits per heavy atom. The lowest BCUT2D eigenvalue weighted by Gasteiger charge is -2.16. The number of methoxy groups -OCH3 is 1. The Balaban J connectivity index is 2.20. The molecule has 1 amide bonds. The molecule has 0 spiro atoms. The number of rotatable bonds is 5. The Morgan fingerprint density at radius 1 is 1.40 bits per heavy atom. The fourth-order valence-corrected chi connectivity index (χ4v) is 1.94. The quantitative estimate of drug-likeness (QED) is 0.426. The van der Waals surface area contributed by atoms with Crippen molar-refractivity contribution in [2.45, 2.75) is 6.42 Å². The van der Waals surface area contributed by atoms with Crippen LogP contribution in [0.1, 0.15) is 16.8 Å². The Kier molecular flexibility index (Phi) is 3.97. The number of benzene rings is 1. The van der Waals surface area contributed by atoms with Gasteiger partial charge in [-0.1, -0.05) is 5.59 Å². The van der Waals surface area contributed by atoms with Gasteiger partial charge in [-0.05, 0) is 12.1 Å². The largest absolute Gasteiger partial charge is 0.497 e. The number of carbonyl (C=O) groups is 3. The third kappa shape index (κ3) is 2.46. The van der Waals surface area contributed by atoms with Gasteiger partial charge in [-0.15, -0.1) is 0 Å². The maximum atomic E-state index is 11.9. The van der Waals surface area contributed by atoms with Gasteiger partial charge in [0.25, 0.3) is 11.7 Å². The highest BCUT2D eigenvalue weighted by Crippen LogP contribution is 2.32. The third-order valence-corrected chi connectivity index (χ3v) is 2.89. The van der Waals surface area contributed by atoms with Gasteiger partial charge in [0.2, 0.25) is 0 Å². The monoisotopic (exact) mass is 279 g/mol. The minimum atomic E-state index is -0.679. The van der Waals surface area contributed by atoms with Gasteiger partial charge in [0.05, 0.1) is 24.8 Å². The third-order valence-electron chi connectivity index (χ3n) is 2.89. The van der Waals surface area contributed by atoms with Crippen LogP contribution in [0.25, 0.3) is 0 Å². The van der Waals surface area contributed by atoms with E-state index < -0.39 is 17.7 Å². The fourth-order valence-electron chi connectivity index (χ4n) is 1.94. The second kappa shape index (κ2) is 5.68.